The first-order valence-corrected chi connectivity index (χ1v) is 11.2. The van der Waals surface area contributed by atoms with Crippen LogP contribution in [0.4, 0.5) is 11.4 Å². The van der Waals surface area contributed by atoms with Crippen molar-refractivity contribution in [3.63, 3.8) is 0 Å². The van der Waals surface area contributed by atoms with Crippen LogP contribution in [0.3, 0.4) is 0 Å². The summed E-state index contributed by atoms with van der Waals surface area (Å²) in [5.74, 6) is -1.57. The Morgan fingerprint density at radius 1 is 1.17 bits per heavy atom. The van der Waals surface area contributed by atoms with Gasteiger partial charge in [0.2, 0.25) is 10.0 Å². The minimum absolute atomic E-state index is 0.264. The van der Waals surface area contributed by atoms with Crippen LogP contribution in [-0.4, -0.2) is 49.4 Å². The van der Waals surface area contributed by atoms with Crippen molar-refractivity contribution in [2.24, 2.45) is 0 Å². The largest absolute Gasteiger partial charge is 0.346 e. The second-order valence-corrected chi connectivity index (χ2v) is 9.05. The monoisotopic (exact) mass is 419 g/mol. The van der Waals surface area contributed by atoms with Crippen molar-refractivity contribution in [3.05, 3.63) is 41.2 Å². The van der Waals surface area contributed by atoms with Crippen LogP contribution < -0.4 is 14.9 Å². The van der Waals surface area contributed by atoms with E-state index < -0.39 is 21.8 Å². The molecule has 3 rings (SSSR count). The normalized spacial score (nSPS) is 13.7. The number of hydrogen-bond donors (Lipinski definition) is 2. The van der Waals surface area contributed by atoms with Gasteiger partial charge in [0.25, 0.3) is 0 Å². The lowest BCUT2D eigenvalue weighted by atomic mass is 10.0. The van der Waals surface area contributed by atoms with Gasteiger partial charge in [-0.25, -0.2) is 8.42 Å². The van der Waals surface area contributed by atoms with E-state index in [1.54, 1.807) is 22.9 Å². The highest BCUT2D eigenvalue weighted by atomic mass is 32.2. The lowest BCUT2D eigenvalue weighted by Crippen LogP contribution is -2.37. The average Bonchev–Trinajstić information content (AvgIpc) is 2.97. The van der Waals surface area contributed by atoms with Crippen LogP contribution in [0, 0.1) is 13.8 Å². The fourth-order valence-corrected chi connectivity index (χ4v) is 4.40. The molecular weight excluding hydrogens is 394 g/mol. The van der Waals surface area contributed by atoms with E-state index in [-0.39, 0.29) is 6.54 Å². The molecule has 2 amide bonds. The molecule has 0 saturated heterocycles. The molecule has 0 radical (unpaired) electrons. The zero-order valence-corrected chi connectivity index (χ0v) is 17.5. The number of aryl methyl sites for hydroxylation is 3. The van der Waals surface area contributed by atoms with Gasteiger partial charge in [-0.1, -0.05) is 6.07 Å². The van der Waals surface area contributed by atoms with E-state index in [9.17, 15) is 18.0 Å². The summed E-state index contributed by atoms with van der Waals surface area (Å²) in [7, 11) is -3.41. The minimum Gasteiger partial charge on any atom is -0.346 e. The maximum Gasteiger partial charge on any atom is 0.313 e. The highest BCUT2D eigenvalue weighted by Crippen LogP contribution is 2.31. The van der Waals surface area contributed by atoms with Gasteiger partial charge in [0.1, 0.15) is 0 Å². The van der Waals surface area contributed by atoms with Crippen molar-refractivity contribution in [3.8, 4) is 0 Å². The van der Waals surface area contributed by atoms with Crippen LogP contribution in [0.2, 0.25) is 0 Å². The van der Waals surface area contributed by atoms with Crippen molar-refractivity contribution in [1.82, 2.24) is 15.1 Å². The number of benzene rings is 1. The van der Waals surface area contributed by atoms with Gasteiger partial charge in [0.15, 0.2) is 0 Å². The first kappa shape index (κ1) is 20.8. The topological polar surface area (TPSA) is 113 Å². The summed E-state index contributed by atoms with van der Waals surface area (Å²) in [5.41, 5.74) is 3.68. The lowest BCUT2D eigenvalue weighted by Gasteiger charge is -2.29. The predicted molar refractivity (Wildman–Crippen MR) is 110 cm³/mol. The number of carbonyl (C=O) groups is 2. The molecule has 2 N–H and O–H groups in total. The summed E-state index contributed by atoms with van der Waals surface area (Å²) in [4.78, 5) is 24.3. The molecular formula is C19H25N5O4S. The number of fused-ring (bicyclic) bond motifs is 1. The number of nitrogens with zero attached hydrogens (tertiary/aromatic N) is 3. The molecule has 0 aliphatic carbocycles. The average molecular weight is 420 g/mol. The number of carbonyl (C=O) groups excluding carboxylic acids is 2. The van der Waals surface area contributed by atoms with Gasteiger partial charge >= 0.3 is 11.8 Å². The van der Waals surface area contributed by atoms with Gasteiger partial charge in [-0.15, -0.1) is 0 Å². The fourth-order valence-electron chi connectivity index (χ4n) is 3.41. The second kappa shape index (κ2) is 8.24. The molecule has 1 aromatic carbocycles. The highest BCUT2D eigenvalue weighted by Gasteiger charge is 2.24. The van der Waals surface area contributed by atoms with Crippen molar-refractivity contribution < 1.29 is 18.0 Å². The number of anilines is 2. The molecule has 0 unspecified atom stereocenters. The lowest BCUT2D eigenvalue weighted by molar-refractivity contribution is -0.136. The summed E-state index contributed by atoms with van der Waals surface area (Å²) in [5, 5.41) is 9.40. The summed E-state index contributed by atoms with van der Waals surface area (Å²) < 4.78 is 27.1. The summed E-state index contributed by atoms with van der Waals surface area (Å²) in [6.07, 6.45) is 2.66. The molecule has 29 heavy (non-hydrogen) atoms. The Hall–Kier alpha value is -2.88. The molecule has 2 aromatic rings. The summed E-state index contributed by atoms with van der Waals surface area (Å²) in [6.45, 7) is 4.93. The van der Waals surface area contributed by atoms with Crippen LogP contribution in [0.15, 0.2) is 24.3 Å². The van der Waals surface area contributed by atoms with Gasteiger partial charge in [0, 0.05) is 24.5 Å². The molecule has 1 aromatic heterocycles. The SMILES string of the molecule is Cc1cc(C)n(CCNC(=O)C(=O)Nc2ccc3c(c2)N(S(C)(=O)=O)CCC3)n1. The standard InChI is InChI=1S/C19H25N5O4S/c1-13-11-14(2)23(22-13)10-8-20-18(25)19(26)21-16-7-6-15-5-4-9-24(17(15)12-16)29(3,27)28/h6-7,11-12H,4-5,8-10H2,1-3H3,(H,20,25)(H,21,26). The molecule has 0 spiro atoms. The third-order valence-corrected chi connectivity index (χ3v) is 5.92. The number of amides is 2. The molecule has 0 saturated carbocycles. The van der Waals surface area contributed by atoms with Crippen molar-refractivity contribution in [2.75, 3.05) is 29.0 Å². The zero-order chi connectivity index (χ0) is 21.2. The van der Waals surface area contributed by atoms with E-state index in [4.69, 9.17) is 0 Å². The second-order valence-electron chi connectivity index (χ2n) is 7.14. The third kappa shape index (κ3) is 4.94. The van der Waals surface area contributed by atoms with Gasteiger partial charge in [0.05, 0.1) is 24.2 Å². The van der Waals surface area contributed by atoms with Crippen LogP contribution >= 0.6 is 0 Å². The van der Waals surface area contributed by atoms with Crippen LogP contribution in [0.25, 0.3) is 0 Å². The number of nitrogens with one attached hydrogen (secondary N) is 2. The Morgan fingerprint density at radius 2 is 1.93 bits per heavy atom. The molecule has 1 aliphatic heterocycles. The number of aromatic nitrogens is 2. The minimum atomic E-state index is -3.41. The Morgan fingerprint density at radius 3 is 2.59 bits per heavy atom. The molecule has 0 fully saturated rings. The van der Waals surface area contributed by atoms with Crippen LogP contribution in [0.1, 0.15) is 23.4 Å². The van der Waals surface area contributed by atoms with Gasteiger partial charge in [-0.2, -0.15) is 5.10 Å². The summed E-state index contributed by atoms with van der Waals surface area (Å²) in [6, 6.07) is 6.98. The third-order valence-electron chi connectivity index (χ3n) is 4.74. The van der Waals surface area contributed by atoms with Crippen LogP contribution in [0.5, 0.6) is 0 Å². The zero-order valence-electron chi connectivity index (χ0n) is 16.7. The summed E-state index contributed by atoms with van der Waals surface area (Å²) >= 11 is 0. The van der Waals surface area contributed by atoms with Gasteiger partial charge < -0.3 is 10.6 Å². The number of rotatable bonds is 5. The van der Waals surface area contributed by atoms with Crippen molar-refractivity contribution in [1.29, 1.82) is 0 Å². The van der Waals surface area contributed by atoms with Crippen molar-refractivity contribution in [2.45, 2.75) is 33.2 Å². The first-order chi connectivity index (χ1) is 13.6. The first-order valence-electron chi connectivity index (χ1n) is 9.36. The maximum absolute atomic E-state index is 12.2. The molecule has 0 bridgehead atoms. The Bertz CT molecular complexity index is 1040. The van der Waals surface area contributed by atoms with Gasteiger partial charge in [-0.3, -0.25) is 18.6 Å². The molecule has 10 heteroatoms. The maximum atomic E-state index is 12.2. The predicted octanol–water partition coefficient (Wildman–Crippen LogP) is 0.967. The molecule has 9 nitrogen and oxygen atoms in total. The van der Waals surface area contributed by atoms with Gasteiger partial charge in [-0.05, 0) is 50.5 Å². The van der Waals surface area contributed by atoms with E-state index in [1.165, 1.54) is 4.31 Å². The van der Waals surface area contributed by atoms with E-state index >= 15 is 0 Å². The van der Waals surface area contributed by atoms with Crippen LogP contribution in [-0.2, 0) is 32.6 Å². The highest BCUT2D eigenvalue weighted by molar-refractivity contribution is 7.92. The Balaban J connectivity index is 1.61. The Labute approximate surface area is 170 Å². The molecule has 1 aliphatic rings. The smallest absolute Gasteiger partial charge is 0.313 e. The van der Waals surface area contributed by atoms with Crippen molar-refractivity contribution >= 4 is 33.2 Å². The number of hydrogen-bond acceptors (Lipinski definition) is 5. The molecule has 156 valence electrons. The van der Waals surface area contributed by atoms with E-state index in [0.717, 1.165) is 36.0 Å². The number of sulfonamides is 1. The molecule has 0 atom stereocenters. The quantitative estimate of drug-likeness (QED) is 0.701. The van der Waals surface area contributed by atoms with E-state index in [1.807, 2.05) is 19.9 Å². The van der Waals surface area contributed by atoms with E-state index in [2.05, 4.69) is 15.7 Å². The van der Waals surface area contributed by atoms with E-state index in [0.29, 0.717) is 24.5 Å². The Kier molecular flexibility index (Phi) is 5.92. The molecule has 2 heterocycles. The fraction of sp³-hybridized carbons (Fsp3) is 0.421.